The van der Waals surface area contributed by atoms with Gasteiger partial charge in [0.25, 0.3) is 0 Å². The number of aryl methyl sites for hydroxylation is 1. The van der Waals surface area contributed by atoms with Crippen LogP contribution in [0.5, 0.6) is 5.88 Å². The predicted octanol–water partition coefficient (Wildman–Crippen LogP) is 3.41. The lowest BCUT2D eigenvalue weighted by Crippen LogP contribution is -2.46. The van der Waals surface area contributed by atoms with E-state index in [1.165, 1.54) is 11.1 Å². The Kier molecular flexibility index (Phi) is 7.12. The molecule has 31 heavy (non-hydrogen) atoms. The molecule has 6 heteroatoms. The summed E-state index contributed by atoms with van der Waals surface area (Å²) in [6, 6.07) is 14.8. The Morgan fingerprint density at radius 2 is 1.94 bits per heavy atom. The molecule has 0 saturated carbocycles. The van der Waals surface area contributed by atoms with Crippen LogP contribution in [0, 0.1) is 0 Å². The fourth-order valence-corrected chi connectivity index (χ4v) is 4.15. The highest BCUT2D eigenvalue weighted by Gasteiger charge is 2.27. The number of methoxy groups -OCH3 is 1. The number of ether oxygens (including phenoxy) is 2. The number of nitrogens with two attached hydrogens (primary N) is 1. The van der Waals surface area contributed by atoms with Gasteiger partial charge in [0, 0.05) is 30.9 Å². The number of hydrogen-bond donors (Lipinski definition) is 2. The first-order valence-corrected chi connectivity index (χ1v) is 11.1. The van der Waals surface area contributed by atoms with E-state index in [1.54, 1.807) is 7.11 Å². The van der Waals surface area contributed by atoms with E-state index in [2.05, 4.69) is 46.5 Å². The summed E-state index contributed by atoms with van der Waals surface area (Å²) < 4.78 is 11.4. The molecule has 4 rings (SSSR count). The Labute approximate surface area is 184 Å². The topological polar surface area (TPSA) is 82.3 Å². The molecule has 3 atom stereocenters. The van der Waals surface area contributed by atoms with Crippen LogP contribution in [0.4, 0.5) is 0 Å². The van der Waals surface area contributed by atoms with Gasteiger partial charge >= 0.3 is 0 Å². The van der Waals surface area contributed by atoms with Crippen LogP contribution in [0.2, 0.25) is 0 Å². The minimum Gasteiger partial charge on any atom is -0.481 e. The summed E-state index contributed by atoms with van der Waals surface area (Å²) in [5.74, 6) is 0.586. The van der Waals surface area contributed by atoms with Crippen molar-refractivity contribution in [3.8, 4) is 5.88 Å². The number of rotatable bonds is 8. The molecule has 6 nitrogen and oxygen atoms in total. The van der Waals surface area contributed by atoms with Crippen molar-refractivity contribution in [2.75, 3.05) is 13.7 Å². The lowest BCUT2D eigenvalue weighted by molar-refractivity contribution is -0.0166. The van der Waals surface area contributed by atoms with Gasteiger partial charge in [0.2, 0.25) is 5.88 Å². The summed E-state index contributed by atoms with van der Waals surface area (Å²) >= 11 is 0. The Bertz CT molecular complexity index is 984. The maximum absolute atomic E-state index is 6.55. The Balaban J connectivity index is 1.30. The minimum atomic E-state index is -0.0823. The van der Waals surface area contributed by atoms with Gasteiger partial charge in [-0.3, -0.25) is 4.98 Å². The standard InChI is InChI=1S/C25H32N4O2/c1-3-17-4-6-18(7-5-17)15-28-20-8-10-23(31-16-20)21(26)14-19-12-13-27-22-9-11-24(30-2)29-25(19)22/h4-7,9,11-13,20-21,23,28H,3,8,10,14-16,26H2,1-2H3. The molecule has 0 bridgehead atoms. The van der Waals surface area contributed by atoms with E-state index in [1.807, 2.05) is 24.4 Å². The van der Waals surface area contributed by atoms with Crippen LogP contribution >= 0.6 is 0 Å². The molecule has 3 heterocycles. The molecular formula is C25H32N4O2. The third-order valence-corrected chi connectivity index (χ3v) is 6.12. The summed E-state index contributed by atoms with van der Waals surface area (Å²) in [5, 5.41) is 3.62. The van der Waals surface area contributed by atoms with Gasteiger partial charge in [-0.2, -0.15) is 0 Å². The first-order chi connectivity index (χ1) is 15.2. The van der Waals surface area contributed by atoms with Crippen LogP contribution in [0.25, 0.3) is 11.0 Å². The summed E-state index contributed by atoms with van der Waals surface area (Å²) in [5.41, 5.74) is 12.0. The van der Waals surface area contributed by atoms with Gasteiger partial charge in [0.15, 0.2) is 0 Å². The highest BCUT2D eigenvalue weighted by molar-refractivity contribution is 5.78. The highest BCUT2D eigenvalue weighted by atomic mass is 16.5. The van der Waals surface area contributed by atoms with Crippen LogP contribution in [0.1, 0.15) is 36.5 Å². The molecule has 1 fully saturated rings. The Hall–Kier alpha value is -2.54. The quantitative estimate of drug-likeness (QED) is 0.581. The predicted molar refractivity (Wildman–Crippen MR) is 123 cm³/mol. The third kappa shape index (κ3) is 5.39. The van der Waals surface area contributed by atoms with E-state index >= 15 is 0 Å². The largest absolute Gasteiger partial charge is 0.481 e. The van der Waals surface area contributed by atoms with Crippen LogP contribution in [-0.2, 0) is 24.1 Å². The van der Waals surface area contributed by atoms with Crippen molar-refractivity contribution < 1.29 is 9.47 Å². The number of fused-ring (bicyclic) bond motifs is 1. The molecule has 3 unspecified atom stereocenters. The number of pyridine rings is 2. The van der Waals surface area contributed by atoms with Crippen molar-refractivity contribution in [3.05, 3.63) is 65.4 Å². The van der Waals surface area contributed by atoms with E-state index in [9.17, 15) is 0 Å². The molecule has 0 amide bonds. The van der Waals surface area contributed by atoms with Gasteiger partial charge < -0.3 is 20.5 Å². The van der Waals surface area contributed by atoms with Crippen molar-refractivity contribution in [2.24, 2.45) is 5.73 Å². The zero-order chi connectivity index (χ0) is 21.6. The Morgan fingerprint density at radius 3 is 2.65 bits per heavy atom. The SMILES string of the molecule is CCc1ccc(CNC2CCC(C(N)Cc3ccnc4ccc(OC)nc34)OC2)cc1. The van der Waals surface area contributed by atoms with Crippen molar-refractivity contribution in [3.63, 3.8) is 0 Å². The molecule has 0 spiro atoms. The second-order valence-corrected chi connectivity index (χ2v) is 8.26. The third-order valence-electron chi connectivity index (χ3n) is 6.12. The van der Waals surface area contributed by atoms with E-state index in [0.29, 0.717) is 24.9 Å². The fraction of sp³-hybridized carbons (Fsp3) is 0.440. The van der Waals surface area contributed by atoms with E-state index in [4.69, 9.17) is 15.2 Å². The molecule has 0 aliphatic carbocycles. The average molecular weight is 421 g/mol. The average Bonchev–Trinajstić information content (AvgIpc) is 2.83. The van der Waals surface area contributed by atoms with Crippen molar-refractivity contribution in [1.82, 2.24) is 15.3 Å². The van der Waals surface area contributed by atoms with Gasteiger partial charge in [0.1, 0.15) is 0 Å². The maximum Gasteiger partial charge on any atom is 0.213 e. The zero-order valence-corrected chi connectivity index (χ0v) is 18.4. The lowest BCUT2D eigenvalue weighted by Gasteiger charge is -2.33. The molecule has 1 aliphatic rings. The van der Waals surface area contributed by atoms with E-state index in [-0.39, 0.29) is 12.1 Å². The second kappa shape index (κ2) is 10.2. The van der Waals surface area contributed by atoms with Crippen LogP contribution < -0.4 is 15.8 Å². The van der Waals surface area contributed by atoms with E-state index in [0.717, 1.165) is 42.4 Å². The number of nitrogens with one attached hydrogen (secondary N) is 1. The fourth-order valence-electron chi connectivity index (χ4n) is 4.15. The summed E-state index contributed by atoms with van der Waals surface area (Å²) in [4.78, 5) is 8.98. The molecule has 1 aromatic carbocycles. The molecule has 3 N–H and O–H groups in total. The minimum absolute atomic E-state index is 0.0516. The Morgan fingerprint density at radius 1 is 1.13 bits per heavy atom. The molecule has 1 saturated heterocycles. The van der Waals surface area contributed by atoms with Crippen LogP contribution in [0.3, 0.4) is 0 Å². The number of hydrogen-bond acceptors (Lipinski definition) is 6. The summed E-state index contributed by atoms with van der Waals surface area (Å²) in [6.45, 7) is 3.73. The van der Waals surface area contributed by atoms with Crippen molar-refractivity contribution >= 4 is 11.0 Å². The highest BCUT2D eigenvalue weighted by Crippen LogP contribution is 2.23. The first kappa shape index (κ1) is 21.7. The molecule has 1 aliphatic heterocycles. The molecule has 164 valence electrons. The molecule has 2 aromatic heterocycles. The lowest BCUT2D eigenvalue weighted by atomic mass is 9.95. The molecular weight excluding hydrogens is 388 g/mol. The number of aromatic nitrogens is 2. The maximum atomic E-state index is 6.55. The molecule has 0 radical (unpaired) electrons. The molecule has 3 aromatic rings. The summed E-state index contributed by atoms with van der Waals surface area (Å²) in [6.07, 6.45) is 5.65. The van der Waals surface area contributed by atoms with Gasteiger partial charge in [0.05, 0.1) is 30.9 Å². The zero-order valence-electron chi connectivity index (χ0n) is 18.4. The van der Waals surface area contributed by atoms with Crippen molar-refractivity contribution in [1.29, 1.82) is 0 Å². The second-order valence-electron chi connectivity index (χ2n) is 8.26. The van der Waals surface area contributed by atoms with Gasteiger partial charge in [-0.25, -0.2) is 4.98 Å². The van der Waals surface area contributed by atoms with E-state index < -0.39 is 0 Å². The van der Waals surface area contributed by atoms with Gasteiger partial charge in [-0.1, -0.05) is 31.2 Å². The van der Waals surface area contributed by atoms with Gasteiger partial charge in [-0.05, 0) is 54.5 Å². The summed E-state index contributed by atoms with van der Waals surface area (Å²) in [7, 11) is 1.62. The monoisotopic (exact) mass is 420 g/mol. The van der Waals surface area contributed by atoms with Crippen LogP contribution in [0.15, 0.2) is 48.7 Å². The first-order valence-electron chi connectivity index (χ1n) is 11.1. The van der Waals surface area contributed by atoms with Gasteiger partial charge in [-0.15, -0.1) is 0 Å². The number of benzene rings is 1. The van der Waals surface area contributed by atoms with Crippen LogP contribution in [-0.4, -0.2) is 41.9 Å². The smallest absolute Gasteiger partial charge is 0.213 e. The normalized spacial score (nSPS) is 20.0. The number of nitrogens with zero attached hydrogens (tertiary/aromatic N) is 2. The van der Waals surface area contributed by atoms with Crippen molar-refractivity contribution in [2.45, 2.75) is 57.3 Å².